The largest absolute Gasteiger partial charge is 0.309 e. The number of likely N-dealkylation sites (N-methyl/N-ethyl adjacent to an activating group) is 1. The van der Waals surface area contributed by atoms with E-state index in [1.807, 2.05) is 12.1 Å². The van der Waals surface area contributed by atoms with Gasteiger partial charge in [0.05, 0.1) is 0 Å². The molecule has 0 saturated heterocycles. The van der Waals surface area contributed by atoms with Crippen molar-refractivity contribution in [2.24, 2.45) is 0 Å². The van der Waals surface area contributed by atoms with Crippen molar-refractivity contribution in [2.45, 2.75) is 38.0 Å². The fourth-order valence-electron chi connectivity index (χ4n) is 2.61. The first-order valence-corrected chi connectivity index (χ1v) is 6.55. The Morgan fingerprint density at radius 3 is 2.33 bits per heavy atom. The van der Waals surface area contributed by atoms with Crippen LogP contribution in [0, 0.1) is 0 Å². The Balaban J connectivity index is 2.09. The van der Waals surface area contributed by atoms with E-state index < -0.39 is 5.91 Å². The molecule has 0 N–H and O–H groups in total. The van der Waals surface area contributed by atoms with Crippen molar-refractivity contribution in [1.82, 2.24) is 0 Å². The highest BCUT2D eigenvalue weighted by Crippen LogP contribution is 2.33. The van der Waals surface area contributed by atoms with Gasteiger partial charge in [-0.15, -0.1) is 0 Å². The highest BCUT2D eigenvalue weighted by molar-refractivity contribution is 6.30. The van der Waals surface area contributed by atoms with Crippen LogP contribution in [0.1, 0.15) is 43.6 Å². The Kier molecular flexibility index (Phi) is 4.13. The van der Waals surface area contributed by atoms with E-state index in [1.165, 1.54) is 42.6 Å². The third kappa shape index (κ3) is 2.78. The number of carbonyl (C=O) groups is 2. The van der Waals surface area contributed by atoms with Crippen LogP contribution >= 0.6 is 0 Å². The van der Waals surface area contributed by atoms with Gasteiger partial charge < -0.3 is 4.90 Å². The van der Waals surface area contributed by atoms with Gasteiger partial charge in [0.2, 0.25) is 6.29 Å². The van der Waals surface area contributed by atoms with Gasteiger partial charge in [0.1, 0.15) is 0 Å². The number of rotatable bonds is 3. The first-order chi connectivity index (χ1) is 8.72. The van der Waals surface area contributed by atoms with Crippen LogP contribution in [-0.2, 0) is 9.59 Å². The van der Waals surface area contributed by atoms with Crippen LogP contribution in [0.25, 0.3) is 0 Å². The maximum absolute atomic E-state index is 11.3. The van der Waals surface area contributed by atoms with E-state index in [1.54, 1.807) is 7.05 Å². The number of nitrogens with zero attached hydrogens (tertiary/aromatic N) is 1. The second kappa shape index (κ2) is 5.80. The molecule has 0 spiro atoms. The molecule has 1 saturated carbocycles. The predicted molar refractivity (Wildman–Crippen MR) is 71.7 cm³/mol. The number of hydrogen-bond acceptors (Lipinski definition) is 2. The molecule has 0 radical (unpaired) electrons. The molecule has 0 atom stereocenters. The lowest BCUT2D eigenvalue weighted by molar-refractivity contribution is -0.129. The summed E-state index contributed by atoms with van der Waals surface area (Å²) >= 11 is 0. The van der Waals surface area contributed by atoms with Gasteiger partial charge in [-0.05, 0) is 36.5 Å². The second-order valence-electron chi connectivity index (χ2n) is 4.94. The fourth-order valence-corrected chi connectivity index (χ4v) is 2.61. The lowest BCUT2D eigenvalue weighted by atomic mass is 9.84. The number of anilines is 1. The van der Waals surface area contributed by atoms with Crippen LogP contribution in [-0.4, -0.2) is 19.2 Å². The van der Waals surface area contributed by atoms with E-state index in [2.05, 4.69) is 12.1 Å². The lowest BCUT2D eigenvalue weighted by Crippen LogP contribution is -2.26. The van der Waals surface area contributed by atoms with Gasteiger partial charge in [-0.2, -0.15) is 0 Å². The van der Waals surface area contributed by atoms with E-state index in [9.17, 15) is 9.59 Å². The van der Waals surface area contributed by atoms with Gasteiger partial charge in [-0.1, -0.05) is 31.4 Å². The summed E-state index contributed by atoms with van der Waals surface area (Å²) in [6, 6.07) is 8.01. The summed E-state index contributed by atoms with van der Waals surface area (Å²) < 4.78 is 0. The Morgan fingerprint density at radius 1 is 1.17 bits per heavy atom. The molecule has 1 fully saturated rings. The molecule has 0 aromatic heterocycles. The Hall–Kier alpha value is -1.64. The molecule has 18 heavy (non-hydrogen) atoms. The zero-order chi connectivity index (χ0) is 13.0. The van der Waals surface area contributed by atoms with Gasteiger partial charge in [-0.25, -0.2) is 0 Å². The summed E-state index contributed by atoms with van der Waals surface area (Å²) in [5.41, 5.74) is 2.12. The summed E-state index contributed by atoms with van der Waals surface area (Å²) in [6.45, 7) is 0. The maximum Gasteiger partial charge on any atom is 0.290 e. The monoisotopic (exact) mass is 245 g/mol. The molecule has 1 aliphatic rings. The van der Waals surface area contributed by atoms with Crippen LogP contribution in [0.4, 0.5) is 5.69 Å². The summed E-state index contributed by atoms with van der Waals surface area (Å²) in [7, 11) is 1.62. The van der Waals surface area contributed by atoms with Gasteiger partial charge in [0.25, 0.3) is 5.91 Å². The van der Waals surface area contributed by atoms with Crippen LogP contribution in [0.5, 0.6) is 0 Å². The van der Waals surface area contributed by atoms with Gasteiger partial charge in [0.15, 0.2) is 0 Å². The SMILES string of the molecule is CN(C(=O)C=O)c1ccc(C2CCCCC2)cc1. The molecule has 0 unspecified atom stereocenters. The molecule has 0 heterocycles. The average molecular weight is 245 g/mol. The molecular weight excluding hydrogens is 226 g/mol. The van der Waals surface area contributed by atoms with E-state index in [0.717, 1.165) is 5.69 Å². The third-order valence-corrected chi connectivity index (χ3v) is 3.79. The van der Waals surface area contributed by atoms with Crippen molar-refractivity contribution in [3.63, 3.8) is 0 Å². The number of aldehydes is 1. The van der Waals surface area contributed by atoms with E-state index in [4.69, 9.17) is 0 Å². The molecule has 0 bridgehead atoms. The molecule has 3 nitrogen and oxygen atoms in total. The van der Waals surface area contributed by atoms with Crippen LogP contribution in [0.15, 0.2) is 24.3 Å². The molecule has 1 amide bonds. The number of benzene rings is 1. The molecular formula is C15H19NO2. The standard InChI is InChI=1S/C15H19NO2/c1-16(15(18)11-17)14-9-7-13(8-10-14)12-5-3-2-4-6-12/h7-12H,2-6H2,1H3. The highest BCUT2D eigenvalue weighted by atomic mass is 16.2. The number of amides is 1. The summed E-state index contributed by atoms with van der Waals surface area (Å²) in [5.74, 6) is 0.153. The first kappa shape index (κ1) is 12.8. The fraction of sp³-hybridized carbons (Fsp3) is 0.467. The van der Waals surface area contributed by atoms with Crippen LogP contribution in [0.3, 0.4) is 0 Å². The molecule has 1 aliphatic carbocycles. The van der Waals surface area contributed by atoms with Crippen molar-refractivity contribution < 1.29 is 9.59 Å². The lowest BCUT2D eigenvalue weighted by Gasteiger charge is -2.22. The second-order valence-corrected chi connectivity index (χ2v) is 4.94. The third-order valence-electron chi connectivity index (χ3n) is 3.79. The van der Waals surface area contributed by atoms with Crippen molar-refractivity contribution >= 4 is 17.9 Å². The van der Waals surface area contributed by atoms with Crippen LogP contribution < -0.4 is 4.90 Å². The Labute approximate surface area is 108 Å². The van der Waals surface area contributed by atoms with Crippen molar-refractivity contribution in [3.05, 3.63) is 29.8 Å². The number of hydrogen-bond donors (Lipinski definition) is 0. The molecule has 2 rings (SSSR count). The van der Waals surface area contributed by atoms with Crippen molar-refractivity contribution in [3.8, 4) is 0 Å². The van der Waals surface area contributed by atoms with Crippen molar-refractivity contribution in [1.29, 1.82) is 0 Å². The number of carbonyl (C=O) groups excluding carboxylic acids is 2. The van der Waals surface area contributed by atoms with Gasteiger partial charge >= 0.3 is 0 Å². The zero-order valence-corrected chi connectivity index (χ0v) is 10.8. The first-order valence-electron chi connectivity index (χ1n) is 6.55. The average Bonchev–Trinajstić information content (AvgIpc) is 2.47. The quantitative estimate of drug-likeness (QED) is 0.606. The predicted octanol–water partition coefficient (Wildman–Crippen LogP) is 2.90. The molecule has 1 aromatic carbocycles. The zero-order valence-electron chi connectivity index (χ0n) is 10.8. The normalized spacial score (nSPS) is 16.3. The smallest absolute Gasteiger partial charge is 0.290 e. The molecule has 0 aliphatic heterocycles. The highest BCUT2D eigenvalue weighted by Gasteiger charge is 2.16. The molecule has 96 valence electrons. The van der Waals surface area contributed by atoms with Crippen LogP contribution in [0.2, 0.25) is 0 Å². The van der Waals surface area contributed by atoms with E-state index >= 15 is 0 Å². The van der Waals surface area contributed by atoms with E-state index in [-0.39, 0.29) is 0 Å². The van der Waals surface area contributed by atoms with E-state index in [0.29, 0.717) is 12.2 Å². The Bertz CT molecular complexity index is 419. The topological polar surface area (TPSA) is 37.4 Å². The summed E-state index contributed by atoms with van der Waals surface area (Å²) in [6.07, 6.45) is 6.86. The Morgan fingerprint density at radius 2 is 1.78 bits per heavy atom. The summed E-state index contributed by atoms with van der Waals surface area (Å²) in [4.78, 5) is 23.1. The molecule has 3 heteroatoms. The minimum atomic E-state index is -0.514. The maximum atomic E-state index is 11.3. The minimum Gasteiger partial charge on any atom is -0.309 e. The molecule has 1 aromatic rings. The summed E-state index contributed by atoms with van der Waals surface area (Å²) in [5, 5.41) is 0. The van der Waals surface area contributed by atoms with Gasteiger partial charge in [0, 0.05) is 12.7 Å². The minimum absolute atomic E-state index is 0.342. The van der Waals surface area contributed by atoms with Crippen molar-refractivity contribution in [2.75, 3.05) is 11.9 Å². The van der Waals surface area contributed by atoms with Gasteiger partial charge in [-0.3, -0.25) is 9.59 Å².